The van der Waals surface area contributed by atoms with Gasteiger partial charge in [-0.1, -0.05) is 50.5 Å². The topological polar surface area (TPSA) is 63.6 Å². The Morgan fingerprint density at radius 3 is 2.65 bits per heavy atom. The number of esters is 1. The summed E-state index contributed by atoms with van der Waals surface area (Å²) in [5.74, 6) is 0.421. The highest BCUT2D eigenvalue weighted by atomic mass is 32.1. The molecule has 3 rings (SSSR count). The van der Waals surface area contributed by atoms with Crippen LogP contribution in [0.4, 0.5) is 0 Å². The van der Waals surface area contributed by atoms with Crippen molar-refractivity contribution in [2.24, 2.45) is 5.92 Å². The third-order valence-electron chi connectivity index (χ3n) is 6.42. The number of aliphatic hydroxyl groups is 1. The van der Waals surface area contributed by atoms with Crippen molar-refractivity contribution in [1.82, 2.24) is 0 Å². The molecule has 1 aliphatic rings. The summed E-state index contributed by atoms with van der Waals surface area (Å²) < 4.78 is 4.77. The summed E-state index contributed by atoms with van der Waals surface area (Å²) in [5.41, 5.74) is 2.18. The molecule has 1 heterocycles. The van der Waals surface area contributed by atoms with Crippen molar-refractivity contribution in [3.8, 4) is 0 Å². The SMILES string of the molecule is CCCCCC(O)c1ccc(C2CCC(=O)C2CCCc2ccc(C(=O)OC)s2)cc1. The lowest BCUT2D eigenvalue weighted by molar-refractivity contribution is -0.121. The Kier molecular flexibility index (Phi) is 8.85. The van der Waals surface area contributed by atoms with Gasteiger partial charge in [-0.2, -0.15) is 0 Å². The van der Waals surface area contributed by atoms with Crippen molar-refractivity contribution < 1.29 is 19.4 Å². The van der Waals surface area contributed by atoms with Crippen molar-refractivity contribution in [1.29, 1.82) is 0 Å². The fourth-order valence-electron chi connectivity index (χ4n) is 4.61. The van der Waals surface area contributed by atoms with Crippen LogP contribution in [0.5, 0.6) is 0 Å². The highest BCUT2D eigenvalue weighted by Crippen LogP contribution is 2.40. The van der Waals surface area contributed by atoms with Crippen molar-refractivity contribution in [2.75, 3.05) is 7.11 Å². The molecule has 0 radical (unpaired) electrons. The molecule has 3 unspecified atom stereocenters. The molecule has 168 valence electrons. The summed E-state index contributed by atoms with van der Waals surface area (Å²) in [5, 5.41) is 10.4. The standard InChI is InChI=1S/C26H34O4S/c1-3-4-5-9-23(27)19-12-10-18(11-13-19)21-15-16-24(28)22(21)8-6-7-20-14-17-25(31-20)26(29)30-2/h10-14,17,21-23,27H,3-9,15-16H2,1-2H3. The molecule has 1 aromatic heterocycles. The van der Waals surface area contributed by atoms with E-state index in [1.54, 1.807) is 0 Å². The second-order valence-corrected chi connectivity index (χ2v) is 9.71. The fraction of sp³-hybridized carbons (Fsp3) is 0.538. The van der Waals surface area contributed by atoms with Gasteiger partial charge in [0.05, 0.1) is 13.2 Å². The number of rotatable bonds is 11. The average Bonchev–Trinajstić information content (AvgIpc) is 3.40. The smallest absolute Gasteiger partial charge is 0.348 e. The Morgan fingerprint density at radius 1 is 1.16 bits per heavy atom. The minimum atomic E-state index is -0.401. The van der Waals surface area contributed by atoms with Gasteiger partial charge in [0, 0.05) is 17.2 Å². The molecular formula is C26H34O4S. The molecule has 0 spiro atoms. The van der Waals surface area contributed by atoms with E-state index in [1.807, 2.05) is 24.3 Å². The van der Waals surface area contributed by atoms with Crippen LogP contribution in [-0.4, -0.2) is 24.0 Å². The molecule has 5 heteroatoms. The third-order valence-corrected chi connectivity index (χ3v) is 7.54. The second kappa shape index (κ2) is 11.6. The van der Waals surface area contributed by atoms with Gasteiger partial charge in [0.25, 0.3) is 0 Å². The van der Waals surface area contributed by atoms with E-state index in [-0.39, 0.29) is 17.8 Å². The summed E-state index contributed by atoms with van der Waals surface area (Å²) in [6, 6.07) is 12.1. The van der Waals surface area contributed by atoms with Gasteiger partial charge in [0.15, 0.2) is 0 Å². The molecule has 1 saturated carbocycles. The van der Waals surface area contributed by atoms with Gasteiger partial charge in [0.1, 0.15) is 10.7 Å². The van der Waals surface area contributed by atoms with Crippen LogP contribution in [0.2, 0.25) is 0 Å². The van der Waals surface area contributed by atoms with E-state index in [0.29, 0.717) is 17.1 Å². The highest BCUT2D eigenvalue weighted by molar-refractivity contribution is 7.13. The minimum Gasteiger partial charge on any atom is -0.465 e. The highest BCUT2D eigenvalue weighted by Gasteiger charge is 2.35. The second-order valence-electron chi connectivity index (χ2n) is 8.55. The van der Waals surface area contributed by atoms with Gasteiger partial charge in [-0.25, -0.2) is 4.79 Å². The summed E-state index contributed by atoms with van der Waals surface area (Å²) in [4.78, 5) is 26.0. The van der Waals surface area contributed by atoms with Crippen LogP contribution in [0.25, 0.3) is 0 Å². The maximum Gasteiger partial charge on any atom is 0.348 e. The first-order chi connectivity index (χ1) is 15.0. The quantitative estimate of drug-likeness (QED) is 0.331. The van der Waals surface area contributed by atoms with Gasteiger partial charge >= 0.3 is 5.97 Å². The average molecular weight is 443 g/mol. The summed E-state index contributed by atoms with van der Waals surface area (Å²) in [6.45, 7) is 2.17. The zero-order chi connectivity index (χ0) is 22.2. The van der Waals surface area contributed by atoms with Crippen molar-refractivity contribution in [3.63, 3.8) is 0 Å². The van der Waals surface area contributed by atoms with Crippen molar-refractivity contribution in [3.05, 3.63) is 57.3 Å². The first-order valence-electron chi connectivity index (χ1n) is 11.5. The number of hydrogen-bond acceptors (Lipinski definition) is 5. The maximum absolute atomic E-state index is 12.6. The van der Waals surface area contributed by atoms with E-state index in [1.165, 1.54) is 24.0 Å². The normalized spacial score (nSPS) is 19.5. The van der Waals surface area contributed by atoms with E-state index < -0.39 is 6.10 Å². The summed E-state index contributed by atoms with van der Waals surface area (Å²) in [7, 11) is 1.40. The Bertz CT molecular complexity index is 855. The molecule has 0 amide bonds. The predicted molar refractivity (Wildman–Crippen MR) is 125 cm³/mol. The fourth-order valence-corrected chi connectivity index (χ4v) is 5.58. The Balaban J connectivity index is 1.55. The number of ketones is 1. The molecular weight excluding hydrogens is 408 g/mol. The molecule has 4 nitrogen and oxygen atoms in total. The number of ether oxygens (including phenoxy) is 1. The molecule has 1 aliphatic carbocycles. The van der Waals surface area contributed by atoms with E-state index in [4.69, 9.17) is 4.74 Å². The molecule has 1 fully saturated rings. The zero-order valence-electron chi connectivity index (χ0n) is 18.6. The lowest BCUT2D eigenvalue weighted by Crippen LogP contribution is -2.14. The molecule has 31 heavy (non-hydrogen) atoms. The zero-order valence-corrected chi connectivity index (χ0v) is 19.5. The van der Waals surface area contributed by atoms with Gasteiger partial charge in [-0.15, -0.1) is 11.3 Å². The van der Waals surface area contributed by atoms with Crippen LogP contribution in [0.3, 0.4) is 0 Å². The van der Waals surface area contributed by atoms with Crippen LogP contribution < -0.4 is 0 Å². The number of aliphatic hydroxyl groups excluding tert-OH is 1. The number of benzene rings is 1. The molecule has 0 saturated heterocycles. The number of Topliss-reactive ketones (excluding diaryl/α,β-unsaturated/α-hetero) is 1. The number of carbonyl (C=O) groups is 2. The minimum absolute atomic E-state index is 0.0698. The van der Waals surface area contributed by atoms with E-state index in [0.717, 1.165) is 61.8 Å². The molecule has 1 aromatic carbocycles. The summed E-state index contributed by atoms with van der Waals surface area (Å²) in [6.07, 6.45) is 8.00. The van der Waals surface area contributed by atoms with E-state index in [2.05, 4.69) is 19.1 Å². The molecule has 0 aliphatic heterocycles. The lowest BCUT2D eigenvalue weighted by Gasteiger charge is -2.20. The Morgan fingerprint density at radius 2 is 1.94 bits per heavy atom. The molecule has 1 N–H and O–H groups in total. The molecule has 2 aromatic rings. The predicted octanol–water partition coefficient (Wildman–Crippen LogP) is 6.23. The van der Waals surface area contributed by atoms with Gasteiger partial charge in [-0.3, -0.25) is 4.79 Å². The van der Waals surface area contributed by atoms with Gasteiger partial charge in [0.2, 0.25) is 0 Å². The Labute approximate surface area is 189 Å². The van der Waals surface area contributed by atoms with Crippen LogP contribution in [0.1, 0.15) is 96.0 Å². The first kappa shape index (κ1) is 23.7. The monoisotopic (exact) mass is 442 g/mol. The number of unbranched alkanes of at least 4 members (excludes halogenated alkanes) is 2. The van der Waals surface area contributed by atoms with Gasteiger partial charge in [-0.05, 0) is 61.3 Å². The first-order valence-corrected chi connectivity index (χ1v) is 12.3. The third kappa shape index (κ3) is 6.27. The van der Waals surface area contributed by atoms with Crippen LogP contribution in [-0.2, 0) is 16.0 Å². The molecule has 3 atom stereocenters. The largest absolute Gasteiger partial charge is 0.465 e. The summed E-state index contributed by atoms with van der Waals surface area (Å²) >= 11 is 1.47. The van der Waals surface area contributed by atoms with Crippen LogP contribution in [0, 0.1) is 5.92 Å². The van der Waals surface area contributed by atoms with Gasteiger partial charge < -0.3 is 9.84 Å². The van der Waals surface area contributed by atoms with Crippen LogP contribution >= 0.6 is 11.3 Å². The maximum atomic E-state index is 12.6. The van der Waals surface area contributed by atoms with E-state index >= 15 is 0 Å². The van der Waals surface area contributed by atoms with Crippen molar-refractivity contribution >= 4 is 23.1 Å². The number of carbonyl (C=O) groups excluding carboxylic acids is 2. The number of hydrogen-bond donors (Lipinski definition) is 1. The lowest BCUT2D eigenvalue weighted by atomic mass is 9.84. The Hall–Kier alpha value is -1.98. The van der Waals surface area contributed by atoms with E-state index in [9.17, 15) is 14.7 Å². The molecule has 0 bridgehead atoms. The van der Waals surface area contributed by atoms with Crippen molar-refractivity contribution in [2.45, 2.75) is 76.7 Å². The number of aryl methyl sites for hydroxylation is 1. The van der Waals surface area contributed by atoms with Crippen LogP contribution in [0.15, 0.2) is 36.4 Å². The number of methoxy groups -OCH3 is 1. The number of thiophene rings is 1.